The van der Waals surface area contributed by atoms with Gasteiger partial charge in [0.2, 0.25) is 0 Å². The van der Waals surface area contributed by atoms with E-state index in [9.17, 15) is 5.11 Å². The predicted octanol–water partition coefficient (Wildman–Crippen LogP) is 3.63. The highest BCUT2D eigenvalue weighted by Crippen LogP contribution is 2.33. The van der Waals surface area contributed by atoms with Crippen molar-refractivity contribution in [1.29, 1.82) is 0 Å². The molecule has 0 aliphatic rings. The molecule has 0 heterocycles. The van der Waals surface area contributed by atoms with Gasteiger partial charge in [0.05, 0.1) is 22.7 Å². The number of hydrogen-bond acceptors (Lipinski definition) is 6. The van der Waals surface area contributed by atoms with E-state index in [-0.39, 0.29) is 5.75 Å². The quantitative estimate of drug-likeness (QED) is 0.322. The molecule has 0 saturated heterocycles. The maximum atomic E-state index is 9.35. The van der Waals surface area contributed by atoms with Gasteiger partial charge >= 0.3 is 0 Å². The van der Waals surface area contributed by atoms with Crippen molar-refractivity contribution in [2.45, 2.75) is 0 Å². The van der Waals surface area contributed by atoms with Crippen LogP contribution in [0.4, 0.5) is 39.8 Å². The maximum absolute atomic E-state index is 9.35. The zero-order valence-corrected chi connectivity index (χ0v) is 13.0. The van der Waals surface area contributed by atoms with Crippen LogP contribution in [0.15, 0.2) is 60.7 Å². The molecule has 3 aromatic carbocycles. The van der Waals surface area contributed by atoms with E-state index in [0.717, 1.165) is 17.1 Å². The molecule has 0 spiro atoms. The van der Waals surface area contributed by atoms with Gasteiger partial charge in [-0.1, -0.05) is 0 Å². The number of nitrogen functional groups attached to an aromatic ring is 3. The van der Waals surface area contributed by atoms with Crippen molar-refractivity contribution in [2.75, 3.05) is 27.8 Å². The first kappa shape index (κ1) is 15.4. The predicted molar refractivity (Wildman–Crippen MR) is 101 cm³/mol. The summed E-state index contributed by atoms with van der Waals surface area (Å²) in [5.41, 5.74) is 22.7. The number of hydrogen-bond donors (Lipinski definition) is 6. The van der Waals surface area contributed by atoms with Crippen LogP contribution in [-0.4, -0.2) is 5.11 Å². The topological polar surface area (TPSA) is 122 Å². The van der Waals surface area contributed by atoms with Crippen LogP contribution in [0, 0.1) is 0 Å². The van der Waals surface area contributed by atoms with Gasteiger partial charge in [-0.25, -0.2) is 0 Å². The van der Waals surface area contributed by atoms with E-state index in [2.05, 4.69) is 10.6 Å². The lowest BCUT2D eigenvalue weighted by molar-refractivity contribution is 0.475. The molecule has 0 amide bonds. The summed E-state index contributed by atoms with van der Waals surface area (Å²) in [5.74, 6) is 0.205. The van der Waals surface area contributed by atoms with Crippen molar-refractivity contribution in [2.24, 2.45) is 0 Å². The fourth-order valence-electron chi connectivity index (χ4n) is 2.27. The van der Waals surface area contributed by atoms with Gasteiger partial charge in [0.15, 0.2) is 0 Å². The average molecular weight is 321 g/mol. The molecule has 122 valence electrons. The van der Waals surface area contributed by atoms with Crippen molar-refractivity contribution < 1.29 is 5.11 Å². The molecular weight excluding hydrogens is 302 g/mol. The van der Waals surface area contributed by atoms with Gasteiger partial charge in [0, 0.05) is 17.1 Å². The van der Waals surface area contributed by atoms with E-state index in [1.54, 1.807) is 30.3 Å². The van der Waals surface area contributed by atoms with Crippen molar-refractivity contribution in [3.63, 3.8) is 0 Å². The summed E-state index contributed by atoms with van der Waals surface area (Å²) < 4.78 is 0. The standard InChI is InChI=1S/C18H19N5O/c19-11-1-3-12(4-2-11)22-17-10-18(16(21)9-15(17)20)23-13-5-7-14(24)8-6-13/h1-10,22-24H,19-21H2. The van der Waals surface area contributed by atoms with Gasteiger partial charge in [-0.3, -0.25) is 0 Å². The van der Waals surface area contributed by atoms with Gasteiger partial charge in [-0.05, 0) is 60.7 Å². The number of nitrogens with one attached hydrogen (secondary N) is 2. The molecule has 0 aromatic heterocycles. The van der Waals surface area contributed by atoms with E-state index in [0.29, 0.717) is 22.7 Å². The third-order valence-corrected chi connectivity index (χ3v) is 3.56. The SMILES string of the molecule is Nc1ccc(Nc2cc(Nc3ccc(O)cc3)c(N)cc2N)cc1. The Hall–Kier alpha value is -3.54. The van der Waals surface area contributed by atoms with Gasteiger partial charge in [0.1, 0.15) is 5.75 Å². The summed E-state index contributed by atoms with van der Waals surface area (Å²) in [4.78, 5) is 0. The van der Waals surface area contributed by atoms with Crippen LogP contribution in [0.1, 0.15) is 0 Å². The third kappa shape index (κ3) is 3.44. The largest absolute Gasteiger partial charge is 0.508 e. The minimum absolute atomic E-state index is 0.205. The molecule has 0 aliphatic heterocycles. The van der Waals surface area contributed by atoms with Gasteiger partial charge in [-0.15, -0.1) is 0 Å². The van der Waals surface area contributed by atoms with E-state index in [4.69, 9.17) is 17.2 Å². The molecule has 9 N–H and O–H groups in total. The number of rotatable bonds is 4. The molecule has 0 bridgehead atoms. The molecule has 3 aromatic rings. The van der Waals surface area contributed by atoms with E-state index < -0.39 is 0 Å². The maximum Gasteiger partial charge on any atom is 0.115 e. The van der Waals surface area contributed by atoms with E-state index >= 15 is 0 Å². The van der Waals surface area contributed by atoms with Crippen LogP contribution < -0.4 is 27.8 Å². The minimum atomic E-state index is 0.205. The molecule has 6 nitrogen and oxygen atoms in total. The first-order valence-electron chi connectivity index (χ1n) is 7.39. The molecule has 0 atom stereocenters. The summed E-state index contributed by atoms with van der Waals surface area (Å²) in [6.07, 6.45) is 0. The zero-order chi connectivity index (χ0) is 17.1. The van der Waals surface area contributed by atoms with Gasteiger partial charge in [-0.2, -0.15) is 0 Å². The first-order valence-corrected chi connectivity index (χ1v) is 7.39. The van der Waals surface area contributed by atoms with Crippen molar-refractivity contribution >= 4 is 39.8 Å². The summed E-state index contributed by atoms with van der Waals surface area (Å²) in [6.45, 7) is 0. The number of phenols is 1. The molecule has 3 rings (SSSR count). The molecule has 0 aliphatic carbocycles. The Morgan fingerprint density at radius 3 is 1.58 bits per heavy atom. The highest BCUT2D eigenvalue weighted by Gasteiger charge is 2.07. The number of nitrogens with two attached hydrogens (primary N) is 3. The Bertz CT molecular complexity index is 776. The van der Waals surface area contributed by atoms with Crippen LogP contribution in [-0.2, 0) is 0 Å². The Balaban J connectivity index is 1.87. The lowest BCUT2D eigenvalue weighted by atomic mass is 10.2. The molecular formula is C18H19N5O. The molecule has 0 fully saturated rings. The summed E-state index contributed by atoms with van der Waals surface area (Å²) >= 11 is 0. The van der Waals surface area contributed by atoms with E-state index in [1.807, 2.05) is 30.3 Å². The summed E-state index contributed by atoms with van der Waals surface area (Å²) in [6, 6.07) is 17.6. The van der Waals surface area contributed by atoms with Crippen LogP contribution in [0.25, 0.3) is 0 Å². The fourth-order valence-corrected chi connectivity index (χ4v) is 2.27. The van der Waals surface area contributed by atoms with Crippen molar-refractivity contribution in [3.05, 3.63) is 60.7 Å². The van der Waals surface area contributed by atoms with Crippen molar-refractivity contribution in [3.8, 4) is 5.75 Å². The Morgan fingerprint density at radius 1 is 0.625 bits per heavy atom. The lowest BCUT2D eigenvalue weighted by Gasteiger charge is -2.15. The third-order valence-electron chi connectivity index (χ3n) is 3.56. The number of benzene rings is 3. The zero-order valence-electron chi connectivity index (χ0n) is 13.0. The molecule has 24 heavy (non-hydrogen) atoms. The first-order chi connectivity index (χ1) is 11.5. The Kier molecular flexibility index (Phi) is 4.03. The van der Waals surface area contributed by atoms with Crippen molar-refractivity contribution in [1.82, 2.24) is 0 Å². The monoisotopic (exact) mass is 321 g/mol. The Labute approximate surface area is 139 Å². The molecule has 6 heteroatoms. The van der Waals surface area contributed by atoms with Crippen LogP contribution >= 0.6 is 0 Å². The second-order valence-corrected chi connectivity index (χ2v) is 5.45. The Morgan fingerprint density at radius 2 is 1.08 bits per heavy atom. The minimum Gasteiger partial charge on any atom is -0.508 e. The van der Waals surface area contributed by atoms with Gasteiger partial charge in [0.25, 0.3) is 0 Å². The second kappa shape index (κ2) is 6.29. The molecule has 0 radical (unpaired) electrons. The normalized spacial score (nSPS) is 10.3. The number of aromatic hydroxyl groups is 1. The lowest BCUT2D eigenvalue weighted by Crippen LogP contribution is -2.02. The van der Waals surface area contributed by atoms with Gasteiger partial charge < -0.3 is 32.9 Å². The highest BCUT2D eigenvalue weighted by molar-refractivity contribution is 5.85. The number of phenolic OH excluding ortho intramolecular Hbond substituents is 1. The second-order valence-electron chi connectivity index (χ2n) is 5.45. The molecule has 0 unspecified atom stereocenters. The number of anilines is 7. The summed E-state index contributed by atoms with van der Waals surface area (Å²) in [5, 5.41) is 15.8. The van der Waals surface area contributed by atoms with Crippen LogP contribution in [0.5, 0.6) is 5.75 Å². The fraction of sp³-hybridized carbons (Fsp3) is 0. The highest BCUT2D eigenvalue weighted by atomic mass is 16.3. The average Bonchev–Trinajstić information content (AvgIpc) is 2.56. The van der Waals surface area contributed by atoms with E-state index in [1.165, 1.54) is 0 Å². The van der Waals surface area contributed by atoms with Crippen LogP contribution in [0.2, 0.25) is 0 Å². The molecule has 0 saturated carbocycles. The smallest absolute Gasteiger partial charge is 0.115 e. The summed E-state index contributed by atoms with van der Waals surface area (Å²) in [7, 11) is 0. The van der Waals surface area contributed by atoms with Crippen LogP contribution in [0.3, 0.4) is 0 Å².